The van der Waals surface area contributed by atoms with Crippen LogP contribution in [0.1, 0.15) is 11.5 Å². The SMILES string of the molecule is COC1=CC=CC(c2ccccc2)C=N1. The van der Waals surface area contributed by atoms with Crippen molar-refractivity contribution < 1.29 is 4.74 Å². The summed E-state index contributed by atoms with van der Waals surface area (Å²) < 4.78 is 5.07. The second kappa shape index (κ2) is 4.60. The molecule has 1 atom stereocenters. The quantitative estimate of drug-likeness (QED) is 0.717. The Morgan fingerprint density at radius 2 is 2.00 bits per heavy atom. The second-order valence-electron chi connectivity index (χ2n) is 3.31. The van der Waals surface area contributed by atoms with E-state index in [4.69, 9.17) is 4.74 Å². The van der Waals surface area contributed by atoms with Crippen LogP contribution < -0.4 is 0 Å². The van der Waals surface area contributed by atoms with Crippen LogP contribution in [0.5, 0.6) is 0 Å². The van der Waals surface area contributed by atoms with Gasteiger partial charge in [0.1, 0.15) is 0 Å². The zero-order valence-corrected chi connectivity index (χ0v) is 8.63. The molecule has 0 aromatic heterocycles. The van der Waals surface area contributed by atoms with Gasteiger partial charge >= 0.3 is 0 Å². The molecule has 1 aliphatic heterocycles. The van der Waals surface area contributed by atoms with E-state index < -0.39 is 0 Å². The van der Waals surface area contributed by atoms with Crippen molar-refractivity contribution >= 4 is 6.21 Å². The number of hydrogen-bond donors (Lipinski definition) is 0. The minimum Gasteiger partial charge on any atom is -0.481 e. The lowest BCUT2D eigenvalue weighted by Gasteiger charge is -2.05. The lowest BCUT2D eigenvalue weighted by atomic mass is 10.0. The number of ether oxygens (including phenoxy) is 1. The van der Waals surface area contributed by atoms with Crippen molar-refractivity contribution in [2.45, 2.75) is 5.92 Å². The summed E-state index contributed by atoms with van der Waals surface area (Å²) in [6.45, 7) is 0. The molecular weight excluding hydrogens is 186 g/mol. The summed E-state index contributed by atoms with van der Waals surface area (Å²) in [5, 5.41) is 0. The van der Waals surface area contributed by atoms with Crippen LogP contribution in [-0.2, 0) is 4.74 Å². The van der Waals surface area contributed by atoms with E-state index in [0.29, 0.717) is 5.88 Å². The van der Waals surface area contributed by atoms with E-state index in [1.165, 1.54) is 5.56 Å². The maximum absolute atomic E-state index is 5.07. The highest BCUT2D eigenvalue weighted by Gasteiger charge is 2.06. The fourth-order valence-electron chi connectivity index (χ4n) is 1.50. The van der Waals surface area contributed by atoms with Crippen LogP contribution in [0.2, 0.25) is 0 Å². The topological polar surface area (TPSA) is 21.6 Å². The Morgan fingerprint density at radius 3 is 2.73 bits per heavy atom. The summed E-state index contributed by atoms with van der Waals surface area (Å²) in [5.74, 6) is 0.875. The van der Waals surface area contributed by atoms with Gasteiger partial charge in [0.2, 0.25) is 5.88 Å². The van der Waals surface area contributed by atoms with Gasteiger partial charge in [-0.25, -0.2) is 4.99 Å². The van der Waals surface area contributed by atoms with E-state index in [1.807, 2.05) is 36.6 Å². The number of allylic oxidation sites excluding steroid dienone is 3. The monoisotopic (exact) mass is 199 g/mol. The fourth-order valence-corrected chi connectivity index (χ4v) is 1.50. The minimum absolute atomic E-state index is 0.232. The predicted octanol–water partition coefficient (Wildman–Crippen LogP) is 2.90. The van der Waals surface area contributed by atoms with Gasteiger partial charge in [0.05, 0.1) is 7.11 Å². The van der Waals surface area contributed by atoms with Crippen LogP contribution in [-0.4, -0.2) is 13.3 Å². The highest BCUT2D eigenvalue weighted by Crippen LogP contribution is 2.17. The van der Waals surface area contributed by atoms with Crippen LogP contribution >= 0.6 is 0 Å². The van der Waals surface area contributed by atoms with Gasteiger partial charge in [0.25, 0.3) is 0 Å². The second-order valence-corrected chi connectivity index (χ2v) is 3.31. The van der Waals surface area contributed by atoms with Gasteiger partial charge in [-0.05, 0) is 11.6 Å². The molecule has 0 amide bonds. The van der Waals surface area contributed by atoms with Crippen LogP contribution in [0.3, 0.4) is 0 Å². The van der Waals surface area contributed by atoms with E-state index in [9.17, 15) is 0 Å². The van der Waals surface area contributed by atoms with E-state index in [0.717, 1.165) is 0 Å². The maximum atomic E-state index is 5.07. The third-order valence-corrected chi connectivity index (χ3v) is 2.31. The fraction of sp³-hybridized carbons (Fsp3) is 0.154. The summed E-state index contributed by atoms with van der Waals surface area (Å²) in [6.07, 6.45) is 7.84. The van der Waals surface area contributed by atoms with Gasteiger partial charge in [-0.15, -0.1) is 0 Å². The first-order valence-corrected chi connectivity index (χ1v) is 4.92. The number of rotatable bonds is 2. The molecule has 1 heterocycles. The molecule has 15 heavy (non-hydrogen) atoms. The molecular formula is C13H13NO. The molecule has 1 aromatic carbocycles. The van der Waals surface area contributed by atoms with Crippen LogP contribution in [0.15, 0.2) is 59.4 Å². The Labute approximate surface area is 89.6 Å². The van der Waals surface area contributed by atoms with E-state index in [1.54, 1.807) is 7.11 Å². The molecule has 0 radical (unpaired) electrons. The number of hydrogen-bond acceptors (Lipinski definition) is 2. The Bertz CT molecular complexity index is 404. The van der Waals surface area contributed by atoms with Gasteiger partial charge < -0.3 is 4.74 Å². The molecule has 2 nitrogen and oxygen atoms in total. The summed E-state index contributed by atoms with van der Waals surface area (Å²) in [5.41, 5.74) is 1.24. The number of benzene rings is 1. The molecule has 0 fully saturated rings. The van der Waals surface area contributed by atoms with Crippen molar-refractivity contribution in [3.05, 3.63) is 60.0 Å². The third-order valence-electron chi connectivity index (χ3n) is 2.31. The van der Waals surface area contributed by atoms with Crippen molar-refractivity contribution in [1.82, 2.24) is 0 Å². The highest BCUT2D eigenvalue weighted by molar-refractivity contribution is 5.72. The number of aliphatic imine (C=N–C) groups is 1. The summed E-state index contributed by atoms with van der Waals surface area (Å²) in [4.78, 5) is 4.25. The first kappa shape index (κ1) is 9.71. The van der Waals surface area contributed by atoms with Crippen molar-refractivity contribution in [3.8, 4) is 0 Å². The van der Waals surface area contributed by atoms with Gasteiger partial charge in [-0.2, -0.15) is 0 Å². The molecule has 1 unspecified atom stereocenters. The number of nitrogens with zero attached hydrogens (tertiary/aromatic N) is 1. The standard InChI is InChI=1S/C13H13NO/c1-15-13-9-5-8-12(10-14-13)11-6-3-2-4-7-11/h2-10,12H,1H3. The Balaban J connectivity index is 2.22. The summed E-state index contributed by atoms with van der Waals surface area (Å²) >= 11 is 0. The first-order valence-electron chi connectivity index (χ1n) is 4.92. The molecule has 76 valence electrons. The number of methoxy groups -OCH3 is 1. The molecule has 0 N–H and O–H groups in total. The minimum atomic E-state index is 0.232. The average Bonchev–Trinajstić information content (AvgIpc) is 2.55. The van der Waals surface area contributed by atoms with Crippen LogP contribution in [0.25, 0.3) is 0 Å². The van der Waals surface area contributed by atoms with E-state index in [2.05, 4.69) is 23.2 Å². The molecule has 0 aliphatic carbocycles. The lowest BCUT2D eigenvalue weighted by molar-refractivity contribution is 0.289. The molecule has 2 heteroatoms. The molecule has 0 spiro atoms. The highest BCUT2D eigenvalue weighted by atomic mass is 16.5. The van der Waals surface area contributed by atoms with Crippen molar-refractivity contribution in [3.63, 3.8) is 0 Å². The largest absolute Gasteiger partial charge is 0.481 e. The third kappa shape index (κ3) is 2.34. The van der Waals surface area contributed by atoms with E-state index in [-0.39, 0.29) is 5.92 Å². The van der Waals surface area contributed by atoms with Gasteiger partial charge in [-0.1, -0.05) is 42.5 Å². The molecule has 0 saturated heterocycles. The van der Waals surface area contributed by atoms with Gasteiger partial charge in [-0.3, -0.25) is 0 Å². The lowest BCUT2D eigenvalue weighted by Crippen LogP contribution is -1.95. The zero-order chi connectivity index (χ0) is 10.5. The van der Waals surface area contributed by atoms with Crippen molar-refractivity contribution in [2.75, 3.05) is 7.11 Å². The summed E-state index contributed by atoms with van der Waals surface area (Å²) in [6, 6.07) is 10.3. The van der Waals surface area contributed by atoms with Crippen LogP contribution in [0, 0.1) is 0 Å². The molecule has 0 bridgehead atoms. The normalized spacial score (nSPS) is 19.5. The smallest absolute Gasteiger partial charge is 0.212 e. The van der Waals surface area contributed by atoms with E-state index >= 15 is 0 Å². The molecule has 2 rings (SSSR count). The molecule has 1 aliphatic rings. The van der Waals surface area contributed by atoms with Gasteiger partial charge in [0.15, 0.2) is 0 Å². The first-order chi connectivity index (χ1) is 7.40. The Morgan fingerprint density at radius 1 is 1.20 bits per heavy atom. The average molecular weight is 199 g/mol. The predicted molar refractivity (Wildman–Crippen MR) is 61.9 cm³/mol. The van der Waals surface area contributed by atoms with Crippen molar-refractivity contribution in [2.24, 2.45) is 4.99 Å². The molecule has 0 saturated carbocycles. The summed E-state index contributed by atoms with van der Waals surface area (Å²) in [7, 11) is 1.62. The maximum Gasteiger partial charge on any atom is 0.212 e. The Hall–Kier alpha value is -1.83. The Kier molecular flexibility index (Phi) is 2.98. The van der Waals surface area contributed by atoms with Crippen molar-refractivity contribution in [1.29, 1.82) is 0 Å². The zero-order valence-electron chi connectivity index (χ0n) is 8.63. The molecule has 1 aromatic rings. The van der Waals surface area contributed by atoms with Crippen LogP contribution in [0.4, 0.5) is 0 Å². The van der Waals surface area contributed by atoms with Gasteiger partial charge in [0, 0.05) is 12.1 Å².